The number of amides is 4. The maximum atomic E-state index is 12.8. The van der Waals surface area contributed by atoms with Crippen LogP contribution in [0.2, 0.25) is 0 Å². The van der Waals surface area contributed by atoms with Gasteiger partial charge in [0.2, 0.25) is 23.6 Å². The highest BCUT2D eigenvalue weighted by atomic mass is 16.4. The Labute approximate surface area is 182 Å². The summed E-state index contributed by atoms with van der Waals surface area (Å²) in [6.45, 7) is 5.54. The minimum atomic E-state index is -1.52. The molecule has 0 heterocycles. The molecule has 0 saturated carbocycles. The van der Waals surface area contributed by atoms with Gasteiger partial charge in [-0.1, -0.05) is 13.8 Å². The minimum absolute atomic E-state index is 0.0233. The van der Waals surface area contributed by atoms with E-state index in [1.165, 1.54) is 6.92 Å². The summed E-state index contributed by atoms with van der Waals surface area (Å²) in [4.78, 5) is 59.8. The van der Waals surface area contributed by atoms with Gasteiger partial charge in [-0.3, -0.25) is 19.2 Å². The quantitative estimate of drug-likeness (QED) is 0.139. The minimum Gasteiger partial charge on any atom is -0.480 e. The standard InChI is InChI=1S/C19H36N6O6/c1-10(2)8-13(18(29)25-14(19(30)31)9-15(22)26)24-17(28)12(6-4-5-7-20)23-16(27)11(3)21/h10-14H,4-9,20-21H2,1-3H3,(H2,22,26)(H,23,27)(H,24,28)(H,25,29)(H,30,31). The van der Waals surface area contributed by atoms with Crippen LogP contribution in [0.25, 0.3) is 0 Å². The normalized spacial score (nSPS) is 14.8. The molecule has 178 valence electrons. The summed E-state index contributed by atoms with van der Waals surface area (Å²) < 4.78 is 0. The van der Waals surface area contributed by atoms with Crippen molar-refractivity contribution in [3.63, 3.8) is 0 Å². The number of rotatable bonds is 15. The summed E-state index contributed by atoms with van der Waals surface area (Å²) in [7, 11) is 0. The van der Waals surface area contributed by atoms with Crippen LogP contribution in [0.1, 0.15) is 52.9 Å². The van der Waals surface area contributed by atoms with Crippen molar-refractivity contribution in [2.45, 2.75) is 77.0 Å². The van der Waals surface area contributed by atoms with E-state index in [0.717, 1.165) is 0 Å². The van der Waals surface area contributed by atoms with Gasteiger partial charge >= 0.3 is 5.97 Å². The average molecular weight is 445 g/mol. The Kier molecular flexibility index (Phi) is 13.0. The molecule has 0 spiro atoms. The van der Waals surface area contributed by atoms with Crippen LogP contribution in [-0.4, -0.2) is 65.4 Å². The molecule has 4 atom stereocenters. The van der Waals surface area contributed by atoms with Crippen molar-refractivity contribution in [2.24, 2.45) is 23.1 Å². The van der Waals surface area contributed by atoms with Crippen molar-refractivity contribution in [3.8, 4) is 0 Å². The Bertz CT molecular complexity index is 639. The third kappa shape index (κ3) is 11.9. The van der Waals surface area contributed by atoms with Crippen molar-refractivity contribution in [2.75, 3.05) is 6.54 Å². The highest BCUT2D eigenvalue weighted by molar-refractivity contribution is 5.94. The third-order valence-corrected chi connectivity index (χ3v) is 4.35. The van der Waals surface area contributed by atoms with E-state index in [0.29, 0.717) is 19.4 Å². The summed E-state index contributed by atoms with van der Waals surface area (Å²) in [6.07, 6.45) is 1.11. The molecule has 0 aromatic heterocycles. The number of carboxylic acids is 1. The summed E-state index contributed by atoms with van der Waals surface area (Å²) in [5.41, 5.74) is 16.1. The Balaban J connectivity index is 5.42. The predicted octanol–water partition coefficient (Wildman–Crippen LogP) is -2.08. The van der Waals surface area contributed by atoms with E-state index >= 15 is 0 Å². The molecule has 12 nitrogen and oxygen atoms in total. The molecule has 0 aliphatic carbocycles. The van der Waals surface area contributed by atoms with Gasteiger partial charge in [-0.2, -0.15) is 0 Å². The first-order valence-electron chi connectivity index (χ1n) is 10.3. The zero-order chi connectivity index (χ0) is 24.1. The molecule has 4 amide bonds. The van der Waals surface area contributed by atoms with E-state index < -0.39 is 60.2 Å². The van der Waals surface area contributed by atoms with Crippen molar-refractivity contribution in [3.05, 3.63) is 0 Å². The number of hydrogen-bond acceptors (Lipinski definition) is 7. The third-order valence-electron chi connectivity index (χ3n) is 4.35. The molecule has 4 unspecified atom stereocenters. The van der Waals surface area contributed by atoms with Crippen molar-refractivity contribution in [1.82, 2.24) is 16.0 Å². The zero-order valence-corrected chi connectivity index (χ0v) is 18.3. The molecular weight excluding hydrogens is 408 g/mol. The van der Waals surface area contributed by atoms with Crippen LogP contribution >= 0.6 is 0 Å². The van der Waals surface area contributed by atoms with Gasteiger partial charge in [-0.15, -0.1) is 0 Å². The lowest BCUT2D eigenvalue weighted by atomic mass is 10.0. The van der Waals surface area contributed by atoms with Gasteiger partial charge in [0.25, 0.3) is 0 Å². The number of unbranched alkanes of at least 4 members (excludes halogenated alkanes) is 1. The van der Waals surface area contributed by atoms with Gasteiger partial charge in [0.1, 0.15) is 18.1 Å². The molecule has 12 heteroatoms. The van der Waals surface area contributed by atoms with E-state index in [4.69, 9.17) is 17.2 Å². The number of nitrogens with one attached hydrogen (secondary N) is 3. The number of carbonyl (C=O) groups is 5. The van der Waals surface area contributed by atoms with Crippen LogP contribution in [-0.2, 0) is 24.0 Å². The van der Waals surface area contributed by atoms with Crippen molar-refractivity contribution >= 4 is 29.6 Å². The Morgan fingerprint density at radius 3 is 1.81 bits per heavy atom. The number of aliphatic carboxylic acids is 1. The maximum absolute atomic E-state index is 12.8. The van der Waals surface area contributed by atoms with Gasteiger partial charge < -0.3 is 38.3 Å². The van der Waals surface area contributed by atoms with Crippen LogP contribution in [0.15, 0.2) is 0 Å². The molecule has 0 radical (unpaired) electrons. The van der Waals surface area contributed by atoms with E-state index in [2.05, 4.69) is 16.0 Å². The van der Waals surface area contributed by atoms with Gasteiger partial charge in [-0.25, -0.2) is 4.79 Å². The van der Waals surface area contributed by atoms with Gasteiger partial charge in [0.05, 0.1) is 12.5 Å². The lowest BCUT2D eigenvalue weighted by Crippen LogP contribution is -2.57. The first kappa shape index (κ1) is 28.3. The number of primary amides is 1. The molecule has 31 heavy (non-hydrogen) atoms. The monoisotopic (exact) mass is 444 g/mol. The smallest absolute Gasteiger partial charge is 0.326 e. The van der Waals surface area contributed by atoms with Crippen LogP contribution < -0.4 is 33.2 Å². The molecule has 0 rings (SSSR count). The Morgan fingerprint density at radius 1 is 0.839 bits per heavy atom. The van der Waals surface area contributed by atoms with Crippen molar-refractivity contribution in [1.29, 1.82) is 0 Å². The fraction of sp³-hybridized carbons (Fsp3) is 0.737. The fourth-order valence-corrected chi connectivity index (χ4v) is 2.71. The SMILES string of the molecule is CC(C)CC(NC(=O)C(CCCCN)NC(=O)C(C)N)C(=O)NC(CC(N)=O)C(=O)O. The molecule has 10 N–H and O–H groups in total. The molecule has 0 saturated heterocycles. The highest BCUT2D eigenvalue weighted by Crippen LogP contribution is 2.08. The Morgan fingerprint density at radius 2 is 1.35 bits per heavy atom. The van der Waals surface area contributed by atoms with E-state index in [9.17, 15) is 29.1 Å². The largest absolute Gasteiger partial charge is 0.480 e. The second kappa shape index (κ2) is 14.3. The van der Waals surface area contributed by atoms with E-state index in [1.807, 2.05) is 13.8 Å². The second-order valence-corrected chi connectivity index (χ2v) is 7.89. The summed E-state index contributed by atoms with van der Waals surface area (Å²) in [6, 6.07) is -4.36. The predicted molar refractivity (Wildman–Crippen MR) is 113 cm³/mol. The lowest BCUT2D eigenvalue weighted by molar-refractivity contribution is -0.143. The number of carbonyl (C=O) groups excluding carboxylic acids is 4. The first-order chi connectivity index (χ1) is 14.4. The Hall–Kier alpha value is -2.73. The number of nitrogens with two attached hydrogens (primary N) is 3. The maximum Gasteiger partial charge on any atom is 0.326 e. The van der Waals surface area contributed by atoms with Crippen LogP contribution in [0, 0.1) is 5.92 Å². The fourth-order valence-electron chi connectivity index (χ4n) is 2.71. The number of carboxylic acid groups (broad SMARTS) is 1. The average Bonchev–Trinajstić information content (AvgIpc) is 2.64. The summed E-state index contributed by atoms with van der Waals surface area (Å²) in [5, 5.41) is 16.6. The molecule has 0 aromatic rings. The highest BCUT2D eigenvalue weighted by Gasteiger charge is 2.30. The molecule has 0 aromatic carbocycles. The van der Waals surface area contributed by atoms with Gasteiger partial charge in [0, 0.05) is 0 Å². The lowest BCUT2D eigenvalue weighted by Gasteiger charge is -2.25. The van der Waals surface area contributed by atoms with E-state index in [1.54, 1.807) is 0 Å². The molecule has 0 bridgehead atoms. The first-order valence-corrected chi connectivity index (χ1v) is 10.3. The molecule has 0 aliphatic heterocycles. The van der Waals surface area contributed by atoms with Crippen LogP contribution in [0.3, 0.4) is 0 Å². The zero-order valence-electron chi connectivity index (χ0n) is 18.3. The van der Waals surface area contributed by atoms with E-state index in [-0.39, 0.29) is 18.8 Å². The molecule has 0 fully saturated rings. The summed E-state index contributed by atoms with van der Waals surface area (Å²) >= 11 is 0. The van der Waals surface area contributed by atoms with Crippen LogP contribution in [0.4, 0.5) is 0 Å². The number of hydrogen-bond donors (Lipinski definition) is 7. The topological polar surface area (TPSA) is 220 Å². The van der Waals surface area contributed by atoms with Gasteiger partial charge in [-0.05, 0) is 45.1 Å². The molecule has 0 aliphatic rings. The molecular formula is C19H36N6O6. The second-order valence-electron chi connectivity index (χ2n) is 7.89. The van der Waals surface area contributed by atoms with Crippen LogP contribution in [0.5, 0.6) is 0 Å². The van der Waals surface area contributed by atoms with Gasteiger partial charge in [0.15, 0.2) is 0 Å². The van der Waals surface area contributed by atoms with Crippen molar-refractivity contribution < 1.29 is 29.1 Å². The summed E-state index contributed by atoms with van der Waals surface area (Å²) in [5.74, 6) is -4.24.